The molecule has 3 N–H and O–H groups in total. The van der Waals surface area contributed by atoms with Gasteiger partial charge < -0.3 is 20.3 Å². The van der Waals surface area contributed by atoms with E-state index in [4.69, 9.17) is 4.74 Å². The Hall–Kier alpha value is -4.92. The van der Waals surface area contributed by atoms with Crippen LogP contribution in [0, 0.1) is 25.6 Å². The molecular weight excluding hydrogens is 716 g/mol. The van der Waals surface area contributed by atoms with Crippen molar-refractivity contribution in [2.75, 3.05) is 6.54 Å². The van der Waals surface area contributed by atoms with Gasteiger partial charge >= 0.3 is 0 Å². The molecule has 5 atom stereocenters. The summed E-state index contributed by atoms with van der Waals surface area (Å²) in [6.45, 7) is 3.45. The Labute approximate surface area is 313 Å². The van der Waals surface area contributed by atoms with E-state index in [0.29, 0.717) is 55.3 Å². The Balaban J connectivity index is 1.21. The topological polar surface area (TPSA) is 177 Å². The second-order valence-electron chi connectivity index (χ2n) is 14.9. The Bertz CT molecular complexity index is 2120. The first-order valence-corrected chi connectivity index (χ1v) is 20.2. The Morgan fingerprint density at radius 2 is 1.81 bits per heavy atom. The molecule has 3 fully saturated rings. The highest BCUT2D eigenvalue weighted by Crippen LogP contribution is 2.42. The van der Waals surface area contributed by atoms with E-state index in [9.17, 15) is 32.0 Å². The van der Waals surface area contributed by atoms with Crippen molar-refractivity contribution in [2.45, 2.75) is 107 Å². The predicted molar refractivity (Wildman–Crippen MR) is 197 cm³/mol. The minimum absolute atomic E-state index is 0.0110. The van der Waals surface area contributed by atoms with Crippen molar-refractivity contribution in [1.29, 1.82) is 0 Å². The third-order valence-electron chi connectivity index (χ3n) is 11.0. The summed E-state index contributed by atoms with van der Waals surface area (Å²) in [5.41, 5.74) is 0.454. The molecule has 4 amide bonds. The molecule has 13 nitrogen and oxygen atoms in total. The molecule has 0 spiro atoms. The van der Waals surface area contributed by atoms with Gasteiger partial charge in [-0.2, -0.15) is 0 Å². The predicted octanol–water partition coefficient (Wildman–Crippen LogP) is 3.93. The van der Waals surface area contributed by atoms with E-state index in [1.54, 1.807) is 31.2 Å². The molecule has 3 aromatic rings. The zero-order valence-electron chi connectivity index (χ0n) is 30.3. The van der Waals surface area contributed by atoms with Crippen LogP contribution in [0.15, 0.2) is 54.6 Å². The molecule has 286 valence electrons. The third kappa shape index (κ3) is 7.68. The number of sulfonamides is 1. The summed E-state index contributed by atoms with van der Waals surface area (Å²) in [6.07, 6.45) is 7.85. The molecule has 1 saturated heterocycles. The minimum Gasteiger partial charge on any atom is -0.471 e. The number of allylic oxidation sites excluding steroid dienone is 1. The van der Waals surface area contributed by atoms with Crippen LogP contribution in [-0.2, 0) is 24.4 Å². The number of carbonyl (C=O) groups is 4. The average Bonchev–Trinajstić information content (AvgIpc) is 3.91. The van der Waals surface area contributed by atoms with Crippen LogP contribution in [0.1, 0.15) is 85.8 Å². The Morgan fingerprint density at radius 3 is 2.56 bits per heavy atom. The van der Waals surface area contributed by atoms with Gasteiger partial charge in [-0.25, -0.2) is 22.8 Å². The molecular formula is C39H45FN6O7S. The van der Waals surface area contributed by atoms with Crippen LogP contribution in [0.5, 0.6) is 5.88 Å². The van der Waals surface area contributed by atoms with Gasteiger partial charge in [0.25, 0.3) is 11.8 Å². The van der Waals surface area contributed by atoms with Crippen molar-refractivity contribution in [1.82, 2.24) is 30.2 Å². The summed E-state index contributed by atoms with van der Waals surface area (Å²) in [5.74, 6) is -3.39. The lowest BCUT2D eigenvalue weighted by molar-refractivity contribution is -0.144. The van der Waals surface area contributed by atoms with Gasteiger partial charge in [0.2, 0.25) is 27.7 Å². The number of aromatic nitrogens is 2. The van der Waals surface area contributed by atoms with Crippen molar-refractivity contribution in [3.05, 3.63) is 77.3 Å². The maximum Gasteiger partial charge on any atom is 0.259 e. The number of ether oxygens (including phenoxy) is 1. The van der Waals surface area contributed by atoms with E-state index >= 15 is 0 Å². The van der Waals surface area contributed by atoms with Crippen molar-refractivity contribution in [2.24, 2.45) is 5.92 Å². The molecule has 2 saturated carbocycles. The van der Waals surface area contributed by atoms with Gasteiger partial charge in [0.1, 0.15) is 34.9 Å². The number of hydrogen-bond donors (Lipinski definition) is 3. The average molecular weight is 761 g/mol. The van der Waals surface area contributed by atoms with Crippen molar-refractivity contribution in [3.63, 3.8) is 0 Å². The summed E-state index contributed by atoms with van der Waals surface area (Å²) < 4.78 is 49.1. The summed E-state index contributed by atoms with van der Waals surface area (Å²) in [4.78, 5) is 66.7. The second kappa shape index (κ2) is 15.1. The SMILES string of the molecule is Cc1cccc(C(=O)NC2CCCCCC=CC3CCC3(C(=O)NS(=O)(=O)C3CC3)NC(=O)C3CC(Oc4nc5c(F)cccc5nc4C)CN3C2=O)c1. The highest BCUT2D eigenvalue weighted by molar-refractivity contribution is 7.91. The number of halogens is 1. The van der Waals surface area contributed by atoms with E-state index in [1.165, 1.54) is 17.0 Å². The van der Waals surface area contributed by atoms with E-state index in [0.717, 1.165) is 18.4 Å². The largest absolute Gasteiger partial charge is 0.471 e. The number of hydrogen-bond acceptors (Lipinski definition) is 9. The van der Waals surface area contributed by atoms with Gasteiger partial charge in [-0.15, -0.1) is 0 Å². The van der Waals surface area contributed by atoms with Crippen LogP contribution < -0.4 is 20.1 Å². The molecule has 0 radical (unpaired) electrons. The van der Waals surface area contributed by atoms with Crippen molar-refractivity contribution in [3.8, 4) is 5.88 Å². The number of para-hydroxylation sites is 1. The molecule has 4 aliphatic rings. The lowest BCUT2D eigenvalue weighted by Gasteiger charge is -2.47. The van der Waals surface area contributed by atoms with Gasteiger partial charge in [0.05, 0.1) is 17.3 Å². The fourth-order valence-corrected chi connectivity index (χ4v) is 9.00. The first kappa shape index (κ1) is 37.4. The molecule has 1 aromatic heterocycles. The van der Waals surface area contributed by atoms with Crippen molar-refractivity contribution >= 4 is 44.7 Å². The maximum atomic E-state index is 14.7. The fourth-order valence-electron chi connectivity index (χ4n) is 7.63. The zero-order chi connectivity index (χ0) is 38.2. The second-order valence-corrected chi connectivity index (χ2v) is 16.9. The third-order valence-corrected chi connectivity index (χ3v) is 12.8. The van der Waals surface area contributed by atoms with E-state index in [1.807, 2.05) is 25.1 Å². The lowest BCUT2D eigenvalue weighted by atomic mass is 9.65. The number of benzene rings is 2. The van der Waals surface area contributed by atoms with Crippen LogP contribution in [0.25, 0.3) is 11.0 Å². The van der Waals surface area contributed by atoms with Crippen LogP contribution in [-0.4, -0.2) is 82.4 Å². The zero-order valence-corrected chi connectivity index (χ0v) is 31.2. The van der Waals surface area contributed by atoms with E-state index in [-0.39, 0.29) is 30.8 Å². The molecule has 2 aliphatic heterocycles. The highest BCUT2D eigenvalue weighted by Gasteiger charge is 2.56. The summed E-state index contributed by atoms with van der Waals surface area (Å²) >= 11 is 0. The normalized spacial score (nSPS) is 26.4. The first-order valence-electron chi connectivity index (χ1n) is 18.7. The highest BCUT2D eigenvalue weighted by atomic mass is 32.2. The van der Waals surface area contributed by atoms with Gasteiger partial charge in [-0.05, 0) is 83.1 Å². The number of rotatable bonds is 7. The smallest absolute Gasteiger partial charge is 0.259 e. The van der Waals surface area contributed by atoms with E-state index < -0.39 is 74.4 Å². The van der Waals surface area contributed by atoms with Gasteiger partial charge in [0, 0.05) is 17.9 Å². The van der Waals surface area contributed by atoms with E-state index in [2.05, 4.69) is 25.3 Å². The molecule has 5 unspecified atom stereocenters. The van der Waals surface area contributed by atoms with Crippen LogP contribution in [0.4, 0.5) is 4.39 Å². The molecule has 54 heavy (non-hydrogen) atoms. The molecule has 7 rings (SSSR count). The quantitative estimate of drug-likeness (QED) is 0.302. The first-order chi connectivity index (χ1) is 25.8. The number of nitrogens with one attached hydrogen (secondary N) is 3. The standard InChI is InChI=1S/C39H45FN6O7S/c1-23-10-8-11-25(20-23)34(47)42-31-14-7-5-3-4-6-12-26-18-19-39(26,38(50)45-54(51,52)28-16-17-28)44-35(48)32-21-27(22-46(32)37(31)49)53-36-24(2)41-30-15-9-13-29(40)33(30)43-36/h6,8-13,15,20,26-28,31-32H,3-5,7,14,16-19,21-22H2,1-2H3,(H,42,47)(H,44,48)(H,45,50). The minimum atomic E-state index is -3.92. The van der Waals surface area contributed by atoms with Crippen LogP contribution in [0.3, 0.4) is 0 Å². The van der Waals surface area contributed by atoms with Crippen molar-refractivity contribution < 1.29 is 36.7 Å². The lowest BCUT2D eigenvalue weighted by Crippen LogP contribution is -2.70. The fraction of sp³-hybridized carbons (Fsp3) is 0.487. The van der Waals surface area contributed by atoms with Gasteiger partial charge in [-0.1, -0.05) is 48.8 Å². The number of fused-ring (bicyclic) bond motifs is 3. The molecule has 15 heteroatoms. The van der Waals surface area contributed by atoms with Crippen LogP contribution >= 0.6 is 0 Å². The summed E-state index contributed by atoms with van der Waals surface area (Å²) in [7, 11) is -3.92. The summed E-state index contributed by atoms with van der Waals surface area (Å²) in [5, 5.41) is 5.18. The molecule has 2 aromatic carbocycles. The monoisotopic (exact) mass is 760 g/mol. The Kier molecular flexibility index (Phi) is 10.4. The Morgan fingerprint density at radius 1 is 1.02 bits per heavy atom. The number of carbonyl (C=O) groups excluding carboxylic acids is 4. The molecule has 0 bridgehead atoms. The molecule has 3 heterocycles. The van der Waals surface area contributed by atoms with Gasteiger partial charge in [-0.3, -0.25) is 23.9 Å². The number of nitrogens with zero attached hydrogens (tertiary/aromatic N) is 3. The maximum absolute atomic E-state index is 14.7. The number of amides is 4. The number of aryl methyl sites for hydroxylation is 2. The molecule has 2 aliphatic carbocycles. The van der Waals surface area contributed by atoms with Gasteiger partial charge in [0.15, 0.2) is 5.82 Å². The summed E-state index contributed by atoms with van der Waals surface area (Å²) in [6, 6.07) is 9.31. The van der Waals surface area contributed by atoms with Crippen LogP contribution in [0.2, 0.25) is 0 Å².